The van der Waals surface area contributed by atoms with Crippen molar-refractivity contribution in [2.75, 3.05) is 21.3 Å². The second-order valence-corrected chi connectivity index (χ2v) is 6.08. The number of guanidine groups is 1. The Hall–Kier alpha value is -3.15. The summed E-state index contributed by atoms with van der Waals surface area (Å²) in [6, 6.07) is 13.8. The lowest BCUT2D eigenvalue weighted by molar-refractivity contribution is 0.351. The van der Waals surface area contributed by atoms with Crippen LogP contribution in [-0.4, -0.2) is 27.2 Å². The van der Waals surface area contributed by atoms with Crippen LogP contribution in [0, 0.1) is 6.92 Å². The summed E-state index contributed by atoms with van der Waals surface area (Å²) >= 11 is 0. The number of fused-ring (bicyclic) bond motifs is 1. The van der Waals surface area contributed by atoms with Gasteiger partial charge in [-0.2, -0.15) is 0 Å². The maximum atomic E-state index is 5.94. The van der Waals surface area contributed by atoms with E-state index in [1.54, 1.807) is 21.3 Å². The number of furan rings is 1. The molecule has 0 radical (unpaired) electrons. The number of aryl methyl sites for hydroxylation is 1. The average Bonchev–Trinajstić information content (AvgIpc) is 3.03. The Labute approximate surface area is 159 Å². The molecule has 142 valence electrons. The molecule has 3 aromatic rings. The summed E-state index contributed by atoms with van der Waals surface area (Å²) < 4.78 is 16.8. The molecule has 2 N–H and O–H groups in total. The molecule has 0 aliphatic carbocycles. The van der Waals surface area contributed by atoms with Gasteiger partial charge in [-0.15, -0.1) is 0 Å². The van der Waals surface area contributed by atoms with E-state index in [9.17, 15) is 0 Å². The standard InChI is InChI=1S/C21H25N3O3/c1-14-16-9-5-6-10-17(16)27-19(14)13-24-21(22-2)23-12-15-8-7-11-18(25-3)20(15)26-4/h5-11H,12-13H2,1-4H3,(H2,22,23,24). The van der Waals surface area contributed by atoms with Crippen LogP contribution in [0.1, 0.15) is 16.9 Å². The molecule has 0 spiro atoms. The summed E-state index contributed by atoms with van der Waals surface area (Å²) in [5.74, 6) is 3.01. The molecule has 0 aliphatic heterocycles. The first-order chi connectivity index (χ1) is 13.2. The van der Waals surface area contributed by atoms with Gasteiger partial charge in [0.15, 0.2) is 17.5 Å². The molecule has 0 saturated carbocycles. The Kier molecular flexibility index (Phi) is 5.86. The van der Waals surface area contributed by atoms with Crippen LogP contribution in [-0.2, 0) is 13.1 Å². The third-order valence-corrected chi connectivity index (χ3v) is 4.51. The summed E-state index contributed by atoms with van der Waals surface area (Å²) in [4.78, 5) is 4.28. The Morgan fingerprint density at radius 1 is 1.00 bits per heavy atom. The molecule has 0 aliphatic rings. The van der Waals surface area contributed by atoms with Gasteiger partial charge in [0, 0.05) is 30.1 Å². The van der Waals surface area contributed by atoms with E-state index in [4.69, 9.17) is 13.9 Å². The van der Waals surface area contributed by atoms with Gasteiger partial charge in [0.25, 0.3) is 0 Å². The van der Waals surface area contributed by atoms with Gasteiger partial charge in [0.05, 0.1) is 20.8 Å². The quantitative estimate of drug-likeness (QED) is 0.514. The summed E-state index contributed by atoms with van der Waals surface area (Å²) in [5, 5.41) is 7.73. The molecule has 27 heavy (non-hydrogen) atoms. The van der Waals surface area contributed by atoms with Crippen molar-refractivity contribution in [1.29, 1.82) is 0 Å². The first kappa shape index (κ1) is 18.6. The van der Waals surface area contributed by atoms with Crippen LogP contribution in [0.15, 0.2) is 51.9 Å². The van der Waals surface area contributed by atoms with E-state index in [-0.39, 0.29) is 0 Å². The minimum absolute atomic E-state index is 0.551. The fraction of sp³-hybridized carbons (Fsp3) is 0.286. The lowest BCUT2D eigenvalue weighted by Crippen LogP contribution is -2.36. The molecule has 0 fully saturated rings. The third kappa shape index (κ3) is 4.00. The molecule has 0 atom stereocenters. The molecule has 0 amide bonds. The monoisotopic (exact) mass is 367 g/mol. The van der Waals surface area contributed by atoms with Crippen LogP contribution in [0.25, 0.3) is 11.0 Å². The van der Waals surface area contributed by atoms with E-state index in [1.165, 1.54) is 0 Å². The van der Waals surface area contributed by atoms with Gasteiger partial charge in [0.2, 0.25) is 0 Å². The van der Waals surface area contributed by atoms with E-state index >= 15 is 0 Å². The van der Waals surface area contributed by atoms with Gasteiger partial charge >= 0.3 is 0 Å². The van der Waals surface area contributed by atoms with Crippen molar-refractivity contribution in [3.63, 3.8) is 0 Å². The number of hydrogen-bond donors (Lipinski definition) is 2. The highest BCUT2D eigenvalue weighted by Crippen LogP contribution is 2.30. The van der Waals surface area contributed by atoms with Gasteiger partial charge in [-0.3, -0.25) is 4.99 Å². The molecule has 3 rings (SSSR count). The van der Waals surface area contributed by atoms with E-state index in [2.05, 4.69) is 28.6 Å². The zero-order chi connectivity index (χ0) is 19.2. The SMILES string of the molecule is CN=C(NCc1cccc(OC)c1OC)NCc1oc2ccccc2c1C. The molecule has 0 bridgehead atoms. The van der Waals surface area contributed by atoms with E-state index < -0.39 is 0 Å². The normalized spacial score (nSPS) is 11.5. The molecule has 6 heteroatoms. The van der Waals surface area contributed by atoms with Crippen molar-refractivity contribution in [3.05, 3.63) is 59.4 Å². The molecular formula is C21H25N3O3. The van der Waals surface area contributed by atoms with Crippen molar-refractivity contribution < 1.29 is 13.9 Å². The summed E-state index contributed by atoms with van der Waals surface area (Å²) in [7, 11) is 5.01. The van der Waals surface area contributed by atoms with E-state index in [0.29, 0.717) is 24.8 Å². The highest BCUT2D eigenvalue weighted by atomic mass is 16.5. The van der Waals surface area contributed by atoms with Crippen LogP contribution in [0.5, 0.6) is 11.5 Å². The molecule has 1 aromatic heterocycles. The van der Waals surface area contributed by atoms with Crippen molar-refractivity contribution in [3.8, 4) is 11.5 Å². The fourth-order valence-corrected chi connectivity index (χ4v) is 3.05. The number of methoxy groups -OCH3 is 2. The molecule has 6 nitrogen and oxygen atoms in total. The maximum Gasteiger partial charge on any atom is 0.191 e. The number of para-hydroxylation sites is 2. The van der Waals surface area contributed by atoms with Crippen LogP contribution in [0.4, 0.5) is 0 Å². The number of rotatable bonds is 6. The van der Waals surface area contributed by atoms with Gasteiger partial charge < -0.3 is 24.5 Å². The van der Waals surface area contributed by atoms with Gasteiger partial charge in [-0.25, -0.2) is 0 Å². The molecule has 0 unspecified atom stereocenters. The Balaban J connectivity index is 1.66. The number of ether oxygens (including phenoxy) is 2. The number of nitrogens with one attached hydrogen (secondary N) is 2. The predicted molar refractivity (Wildman–Crippen MR) is 108 cm³/mol. The first-order valence-electron chi connectivity index (χ1n) is 8.79. The summed E-state index contributed by atoms with van der Waals surface area (Å²) in [5.41, 5.74) is 3.03. The number of aliphatic imine (C=N–C) groups is 1. The highest BCUT2D eigenvalue weighted by molar-refractivity contribution is 5.83. The lowest BCUT2D eigenvalue weighted by Gasteiger charge is -2.15. The topological polar surface area (TPSA) is 68.0 Å². The Morgan fingerprint density at radius 3 is 2.48 bits per heavy atom. The zero-order valence-electron chi connectivity index (χ0n) is 16.1. The largest absolute Gasteiger partial charge is 0.493 e. The molecule has 1 heterocycles. The van der Waals surface area contributed by atoms with E-state index in [1.807, 2.05) is 36.4 Å². The third-order valence-electron chi connectivity index (χ3n) is 4.51. The Bertz CT molecular complexity index is 947. The van der Waals surface area contributed by atoms with Crippen molar-refractivity contribution >= 4 is 16.9 Å². The lowest BCUT2D eigenvalue weighted by atomic mass is 10.1. The van der Waals surface area contributed by atoms with Crippen LogP contribution in [0.3, 0.4) is 0 Å². The molecule has 2 aromatic carbocycles. The van der Waals surface area contributed by atoms with Crippen molar-refractivity contribution in [1.82, 2.24) is 10.6 Å². The first-order valence-corrected chi connectivity index (χ1v) is 8.79. The van der Waals surface area contributed by atoms with Gasteiger partial charge in [0.1, 0.15) is 11.3 Å². The molecular weight excluding hydrogens is 342 g/mol. The number of benzene rings is 2. The second kappa shape index (κ2) is 8.49. The highest BCUT2D eigenvalue weighted by Gasteiger charge is 2.12. The minimum atomic E-state index is 0.551. The summed E-state index contributed by atoms with van der Waals surface area (Å²) in [6.07, 6.45) is 0. The van der Waals surface area contributed by atoms with E-state index in [0.717, 1.165) is 33.6 Å². The Morgan fingerprint density at radius 2 is 1.78 bits per heavy atom. The smallest absolute Gasteiger partial charge is 0.191 e. The van der Waals surface area contributed by atoms with Crippen LogP contribution < -0.4 is 20.1 Å². The fourth-order valence-electron chi connectivity index (χ4n) is 3.05. The van der Waals surface area contributed by atoms with Gasteiger partial charge in [-0.1, -0.05) is 30.3 Å². The average molecular weight is 367 g/mol. The second-order valence-electron chi connectivity index (χ2n) is 6.08. The summed E-state index contributed by atoms with van der Waals surface area (Å²) in [6.45, 7) is 3.18. The predicted octanol–water partition coefficient (Wildman–Crippen LogP) is 3.62. The van der Waals surface area contributed by atoms with Gasteiger partial charge in [-0.05, 0) is 19.1 Å². The maximum absolute atomic E-state index is 5.94. The van der Waals surface area contributed by atoms with Crippen LogP contribution in [0.2, 0.25) is 0 Å². The zero-order valence-corrected chi connectivity index (χ0v) is 16.1. The van der Waals surface area contributed by atoms with Crippen LogP contribution >= 0.6 is 0 Å². The molecule has 0 saturated heterocycles. The van der Waals surface area contributed by atoms with Crippen molar-refractivity contribution in [2.45, 2.75) is 20.0 Å². The number of hydrogen-bond acceptors (Lipinski definition) is 4. The van der Waals surface area contributed by atoms with Crippen molar-refractivity contribution in [2.24, 2.45) is 4.99 Å². The minimum Gasteiger partial charge on any atom is -0.493 e. The number of nitrogens with zero attached hydrogens (tertiary/aromatic N) is 1.